The Hall–Kier alpha value is -3.41. The van der Waals surface area contributed by atoms with Crippen LogP contribution in [0.2, 0.25) is 0 Å². The van der Waals surface area contributed by atoms with Gasteiger partial charge in [-0.3, -0.25) is 4.79 Å². The topological polar surface area (TPSA) is 149 Å². The molecule has 0 bridgehead atoms. The minimum absolute atomic E-state index is 0.157. The van der Waals surface area contributed by atoms with E-state index in [9.17, 15) is 30.3 Å². The number of carbonyl (C=O) groups is 1. The van der Waals surface area contributed by atoms with Crippen molar-refractivity contribution in [3.8, 4) is 0 Å². The van der Waals surface area contributed by atoms with Crippen molar-refractivity contribution in [1.82, 2.24) is 5.32 Å². The van der Waals surface area contributed by atoms with E-state index in [0.717, 1.165) is 116 Å². The molecule has 0 aliphatic carbocycles. The van der Waals surface area contributed by atoms with Crippen LogP contribution in [0.5, 0.6) is 0 Å². The molecule has 7 atom stereocenters. The van der Waals surface area contributed by atoms with Gasteiger partial charge in [0.1, 0.15) is 24.4 Å². The van der Waals surface area contributed by atoms with Crippen molar-refractivity contribution < 1.29 is 39.8 Å². The molecule has 9 nitrogen and oxygen atoms in total. The summed E-state index contributed by atoms with van der Waals surface area (Å²) in [5, 5.41) is 54.3. The van der Waals surface area contributed by atoms with Crippen molar-refractivity contribution in [1.29, 1.82) is 0 Å². The van der Waals surface area contributed by atoms with Crippen LogP contribution >= 0.6 is 0 Å². The van der Waals surface area contributed by atoms with Crippen LogP contribution in [0.15, 0.2) is 122 Å². The van der Waals surface area contributed by atoms with Crippen molar-refractivity contribution in [2.45, 2.75) is 230 Å². The fraction of sp³-hybridized carbons (Fsp3) is 0.644. The zero-order valence-electron chi connectivity index (χ0n) is 42.6. The summed E-state index contributed by atoms with van der Waals surface area (Å²) in [5.41, 5.74) is 0. The first kappa shape index (κ1) is 62.6. The van der Waals surface area contributed by atoms with Gasteiger partial charge in [0, 0.05) is 6.42 Å². The lowest BCUT2D eigenvalue weighted by Gasteiger charge is -2.40. The van der Waals surface area contributed by atoms with Gasteiger partial charge in [-0.25, -0.2) is 0 Å². The highest BCUT2D eigenvalue weighted by molar-refractivity contribution is 5.76. The molecule has 0 aromatic rings. The van der Waals surface area contributed by atoms with Crippen LogP contribution in [0.3, 0.4) is 0 Å². The molecule has 1 rings (SSSR count). The average Bonchev–Trinajstić information content (AvgIpc) is 3.34. The highest BCUT2D eigenvalue weighted by Crippen LogP contribution is 2.23. The lowest BCUT2D eigenvalue weighted by Crippen LogP contribution is -2.60. The second-order valence-corrected chi connectivity index (χ2v) is 17.9. The van der Waals surface area contributed by atoms with Gasteiger partial charge in [-0.1, -0.05) is 212 Å². The number of hydrogen-bond acceptors (Lipinski definition) is 8. The van der Waals surface area contributed by atoms with Gasteiger partial charge >= 0.3 is 0 Å². The predicted octanol–water partition coefficient (Wildman–Crippen LogP) is 12.8. The van der Waals surface area contributed by atoms with Gasteiger partial charge in [0.15, 0.2) is 6.29 Å². The Bertz CT molecular complexity index is 1470. The van der Waals surface area contributed by atoms with Gasteiger partial charge in [-0.2, -0.15) is 0 Å². The Kier molecular flexibility index (Phi) is 43.5. The van der Waals surface area contributed by atoms with Gasteiger partial charge in [0.25, 0.3) is 0 Å². The van der Waals surface area contributed by atoms with E-state index in [-0.39, 0.29) is 12.5 Å². The highest BCUT2D eigenvalue weighted by atomic mass is 16.7. The third-order valence-electron chi connectivity index (χ3n) is 11.8. The second kappa shape index (κ2) is 47.3. The molecule has 0 radical (unpaired) electrons. The molecular weight excluding hydrogens is 851 g/mol. The van der Waals surface area contributed by atoms with E-state index in [1.54, 1.807) is 0 Å². The van der Waals surface area contributed by atoms with E-state index < -0.39 is 49.5 Å². The zero-order valence-corrected chi connectivity index (χ0v) is 42.6. The lowest BCUT2D eigenvalue weighted by molar-refractivity contribution is -0.302. The Balaban J connectivity index is 2.20. The molecule has 0 aromatic heterocycles. The van der Waals surface area contributed by atoms with Gasteiger partial charge in [0.05, 0.1) is 25.4 Å². The number of aliphatic hydroxyl groups excluding tert-OH is 5. The van der Waals surface area contributed by atoms with Crippen LogP contribution in [-0.4, -0.2) is 87.5 Å². The largest absolute Gasteiger partial charge is 0.394 e. The van der Waals surface area contributed by atoms with Gasteiger partial charge in [0.2, 0.25) is 5.91 Å². The molecule has 386 valence electrons. The molecule has 0 saturated carbocycles. The molecule has 9 heteroatoms. The number of rotatable bonds is 43. The molecule has 68 heavy (non-hydrogen) atoms. The summed E-state index contributed by atoms with van der Waals surface area (Å²) in [7, 11) is 0. The fourth-order valence-corrected chi connectivity index (χ4v) is 7.60. The quantitative estimate of drug-likeness (QED) is 0.0261. The first-order valence-electron chi connectivity index (χ1n) is 26.7. The third kappa shape index (κ3) is 36.6. The Morgan fingerprint density at radius 3 is 1.35 bits per heavy atom. The number of aliphatic hydroxyl groups is 5. The molecule has 1 aliphatic rings. The van der Waals surface area contributed by atoms with Crippen LogP contribution in [0.1, 0.15) is 187 Å². The molecule has 6 N–H and O–H groups in total. The van der Waals surface area contributed by atoms with Crippen molar-refractivity contribution in [2.75, 3.05) is 13.2 Å². The summed E-state index contributed by atoms with van der Waals surface area (Å²) in [4.78, 5) is 13.0. The van der Waals surface area contributed by atoms with E-state index >= 15 is 0 Å². The molecule has 1 amide bonds. The van der Waals surface area contributed by atoms with Gasteiger partial charge < -0.3 is 40.3 Å². The summed E-state index contributed by atoms with van der Waals surface area (Å²) >= 11 is 0. The number of hydrogen-bond donors (Lipinski definition) is 6. The SMILES string of the molecule is CC/C=C\C/C=C\C/C=C\C/C=C\C/C=C\C/C=C\C/C=C\C/C=C\C/C=C\C/C=C\CCCCCCC(=O)NC(COC1OC(CO)C(O)C(O)C1O)C(O)CCCCCCCCCCCC. The molecule has 7 unspecified atom stereocenters. The number of nitrogens with one attached hydrogen (secondary N) is 1. The van der Waals surface area contributed by atoms with Crippen LogP contribution in [0, 0.1) is 0 Å². The average molecular weight is 948 g/mol. The molecule has 0 aromatic carbocycles. The van der Waals surface area contributed by atoms with Gasteiger partial charge in [-0.05, 0) is 89.9 Å². The number of ether oxygens (including phenoxy) is 2. The summed E-state index contributed by atoms with van der Waals surface area (Å²) in [5.74, 6) is -0.177. The van der Waals surface area contributed by atoms with E-state index in [0.29, 0.717) is 12.8 Å². The molecule has 1 aliphatic heterocycles. The monoisotopic (exact) mass is 948 g/mol. The highest BCUT2D eigenvalue weighted by Gasteiger charge is 2.44. The lowest BCUT2D eigenvalue weighted by atomic mass is 9.99. The number of carbonyl (C=O) groups excluding carboxylic acids is 1. The maximum atomic E-state index is 13.0. The Morgan fingerprint density at radius 1 is 0.515 bits per heavy atom. The first-order valence-corrected chi connectivity index (χ1v) is 26.7. The van der Waals surface area contributed by atoms with Crippen LogP contribution in [-0.2, 0) is 14.3 Å². The Labute approximate surface area is 414 Å². The maximum absolute atomic E-state index is 13.0. The molecule has 1 saturated heterocycles. The summed E-state index contributed by atoms with van der Waals surface area (Å²) in [6, 6.07) is -0.740. The standard InChI is InChI=1S/C59H97NO8/c1-3-5-7-9-11-13-15-16-17-18-19-20-21-22-23-24-25-26-27-28-29-30-31-32-33-34-35-36-37-38-39-41-43-45-47-49-55(63)60-52(51-67-59-58(66)57(65)56(64)54(50-61)68-59)53(62)48-46-44-42-40-14-12-10-8-6-4-2/h5,7,11,13,16-17,19-20,22-23,25-26,28-29,31-32,34-35,37-38,52-54,56-59,61-62,64-66H,3-4,6,8-10,12,14-15,18,21,24,27,30,33,36,39-51H2,1-2H3,(H,60,63)/b7-5-,13-11-,17-16-,20-19-,23-22-,26-25-,29-28-,32-31-,35-34-,38-37-. The van der Waals surface area contributed by atoms with E-state index in [1.807, 2.05) is 0 Å². The second-order valence-electron chi connectivity index (χ2n) is 17.9. The minimum Gasteiger partial charge on any atom is -0.394 e. The summed E-state index contributed by atoms with van der Waals surface area (Å²) < 4.78 is 11.2. The van der Waals surface area contributed by atoms with Crippen molar-refractivity contribution in [3.05, 3.63) is 122 Å². The maximum Gasteiger partial charge on any atom is 0.220 e. The fourth-order valence-electron chi connectivity index (χ4n) is 7.60. The van der Waals surface area contributed by atoms with E-state index in [2.05, 4.69) is 141 Å². The molecule has 1 heterocycles. The van der Waals surface area contributed by atoms with Gasteiger partial charge in [-0.15, -0.1) is 0 Å². The predicted molar refractivity (Wildman–Crippen MR) is 285 cm³/mol. The smallest absolute Gasteiger partial charge is 0.220 e. The normalized spacial score (nSPS) is 20.6. The van der Waals surface area contributed by atoms with Crippen LogP contribution in [0.25, 0.3) is 0 Å². The third-order valence-corrected chi connectivity index (χ3v) is 11.8. The number of allylic oxidation sites excluding steroid dienone is 20. The van der Waals surface area contributed by atoms with E-state index in [1.165, 1.54) is 44.9 Å². The molecule has 0 spiro atoms. The minimum atomic E-state index is -1.56. The number of unbranched alkanes of at least 4 members (excludes halogenated alkanes) is 13. The molecule has 1 fully saturated rings. The van der Waals surface area contributed by atoms with Crippen molar-refractivity contribution in [2.24, 2.45) is 0 Å². The summed E-state index contributed by atoms with van der Waals surface area (Å²) in [6.07, 6.45) is 63.7. The van der Waals surface area contributed by atoms with Crippen LogP contribution < -0.4 is 5.32 Å². The zero-order chi connectivity index (χ0) is 49.4. The van der Waals surface area contributed by atoms with E-state index in [4.69, 9.17) is 9.47 Å². The van der Waals surface area contributed by atoms with Crippen LogP contribution in [0.4, 0.5) is 0 Å². The van der Waals surface area contributed by atoms with Crippen molar-refractivity contribution >= 4 is 5.91 Å². The Morgan fingerprint density at radius 2 is 0.912 bits per heavy atom. The summed E-state index contributed by atoms with van der Waals surface area (Å²) in [6.45, 7) is 3.66. The molecular formula is C59H97NO8. The van der Waals surface area contributed by atoms with Crippen molar-refractivity contribution in [3.63, 3.8) is 0 Å². The number of amides is 1. The first-order chi connectivity index (χ1) is 33.3.